The molecule has 0 aromatic rings. The molecule has 0 aliphatic heterocycles. The van der Waals surface area contributed by atoms with Crippen LogP contribution in [0.2, 0.25) is 0 Å². The van der Waals surface area contributed by atoms with E-state index in [1.54, 1.807) is 11.8 Å². The summed E-state index contributed by atoms with van der Waals surface area (Å²) in [5.41, 5.74) is 0. The lowest BCUT2D eigenvalue weighted by molar-refractivity contribution is -0.141. The number of hydrogen-bond acceptors (Lipinski definition) is 5. The van der Waals surface area contributed by atoms with Crippen molar-refractivity contribution in [3.63, 3.8) is 0 Å². The Kier molecular flexibility index (Phi) is 9.97. The summed E-state index contributed by atoms with van der Waals surface area (Å²) in [5, 5.41) is 5.01. The minimum absolute atomic E-state index is 0.0592. The lowest BCUT2D eigenvalue weighted by atomic mass is 10.2. The fourth-order valence-electron chi connectivity index (χ4n) is 1.21. The van der Waals surface area contributed by atoms with Gasteiger partial charge in [-0.3, -0.25) is 9.59 Å². The van der Waals surface area contributed by atoms with Gasteiger partial charge in [-0.15, -0.1) is 0 Å². The zero-order valence-corrected chi connectivity index (χ0v) is 12.5. The SMILES string of the molecule is CNC(=O)N[C@@H](CSCCCCOC(C)=O)C(C)=O. The summed E-state index contributed by atoms with van der Waals surface area (Å²) < 4.78 is 4.81. The van der Waals surface area contributed by atoms with Gasteiger partial charge in [-0.05, 0) is 25.5 Å². The zero-order valence-electron chi connectivity index (χ0n) is 11.7. The van der Waals surface area contributed by atoms with Gasteiger partial charge in [0.05, 0.1) is 12.6 Å². The van der Waals surface area contributed by atoms with Crippen molar-refractivity contribution in [2.75, 3.05) is 25.2 Å². The predicted molar refractivity (Wildman–Crippen MR) is 75.3 cm³/mol. The minimum atomic E-state index is -0.460. The van der Waals surface area contributed by atoms with Crippen molar-refractivity contribution in [2.45, 2.75) is 32.7 Å². The Morgan fingerprint density at radius 1 is 1.21 bits per heavy atom. The van der Waals surface area contributed by atoms with Crippen LogP contribution in [-0.4, -0.2) is 49.0 Å². The van der Waals surface area contributed by atoms with Crippen molar-refractivity contribution in [3.8, 4) is 0 Å². The fraction of sp³-hybridized carbons (Fsp3) is 0.750. The topological polar surface area (TPSA) is 84.5 Å². The van der Waals surface area contributed by atoms with Gasteiger partial charge in [0.1, 0.15) is 0 Å². The summed E-state index contributed by atoms with van der Waals surface area (Å²) in [6, 6.07) is -0.811. The van der Waals surface area contributed by atoms with Gasteiger partial charge in [0.25, 0.3) is 0 Å². The number of amides is 2. The Morgan fingerprint density at radius 2 is 1.89 bits per heavy atom. The first-order chi connectivity index (χ1) is 8.97. The van der Waals surface area contributed by atoms with Gasteiger partial charge < -0.3 is 15.4 Å². The molecule has 0 unspecified atom stereocenters. The van der Waals surface area contributed by atoms with Gasteiger partial charge in [-0.2, -0.15) is 11.8 Å². The van der Waals surface area contributed by atoms with Gasteiger partial charge in [0, 0.05) is 19.7 Å². The molecule has 1 atom stereocenters. The number of thioether (sulfide) groups is 1. The summed E-state index contributed by atoms with van der Waals surface area (Å²) in [6.45, 7) is 3.28. The number of carbonyl (C=O) groups excluding carboxylic acids is 3. The molecule has 0 spiro atoms. The van der Waals surface area contributed by atoms with Crippen LogP contribution in [0.3, 0.4) is 0 Å². The maximum atomic E-state index is 11.3. The van der Waals surface area contributed by atoms with Crippen LogP contribution in [0.1, 0.15) is 26.7 Å². The molecule has 0 saturated heterocycles. The van der Waals surface area contributed by atoms with Crippen molar-refractivity contribution in [1.82, 2.24) is 10.6 Å². The van der Waals surface area contributed by atoms with Crippen LogP contribution in [0.5, 0.6) is 0 Å². The minimum Gasteiger partial charge on any atom is -0.466 e. The fourth-order valence-corrected chi connectivity index (χ4v) is 2.34. The van der Waals surface area contributed by atoms with E-state index in [1.807, 2.05) is 0 Å². The van der Waals surface area contributed by atoms with E-state index in [9.17, 15) is 14.4 Å². The Balaban J connectivity index is 3.67. The molecule has 110 valence electrons. The van der Waals surface area contributed by atoms with E-state index in [4.69, 9.17) is 4.74 Å². The molecule has 0 aromatic heterocycles. The maximum Gasteiger partial charge on any atom is 0.315 e. The van der Waals surface area contributed by atoms with E-state index >= 15 is 0 Å². The van der Waals surface area contributed by atoms with Crippen molar-refractivity contribution in [2.24, 2.45) is 0 Å². The molecular weight excluding hydrogens is 268 g/mol. The van der Waals surface area contributed by atoms with E-state index < -0.39 is 6.04 Å². The third-order valence-corrected chi connectivity index (χ3v) is 3.44. The number of Topliss-reactive ketones (excluding diaryl/α,β-unsaturated/α-hetero) is 1. The quantitative estimate of drug-likeness (QED) is 0.488. The van der Waals surface area contributed by atoms with Crippen LogP contribution < -0.4 is 10.6 Å². The number of ether oxygens (including phenoxy) is 1. The van der Waals surface area contributed by atoms with Crippen LogP contribution in [0.4, 0.5) is 4.79 Å². The first-order valence-corrected chi connectivity index (χ1v) is 7.32. The molecule has 0 radical (unpaired) electrons. The predicted octanol–water partition coefficient (Wildman–Crippen LogP) is 0.949. The highest BCUT2D eigenvalue weighted by Gasteiger charge is 2.15. The molecule has 0 heterocycles. The van der Waals surface area contributed by atoms with Gasteiger partial charge >= 0.3 is 12.0 Å². The Hall–Kier alpha value is -1.24. The Morgan fingerprint density at radius 3 is 2.42 bits per heavy atom. The number of hydrogen-bond donors (Lipinski definition) is 2. The molecule has 0 aliphatic carbocycles. The van der Waals surface area contributed by atoms with Crippen LogP contribution in [0.15, 0.2) is 0 Å². The first kappa shape index (κ1) is 17.8. The van der Waals surface area contributed by atoms with Crippen molar-refractivity contribution >= 4 is 29.5 Å². The van der Waals surface area contributed by atoms with Crippen LogP contribution in [0.25, 0.3) is 0 Å². The monoisotopic (exact) mass is 290 g/mol. The average molecular weight is 290 g/mol. The van der Waals surface area contributed by atoms with Crippen LogP contribution in [0, 0.1) is 0 Å². The van der Waals surface area contributed by atoms with Crippen molar-refractivity contribution in [1.29, 1.82) is 0 Å². The third-order valence-electron chi connectivity index (χ3n) is 2.30. The first-order valence-electron chi connectivity index (χ1n) is 6.17. The van der Waals surface area contributed by atoms with Gasteiger partial charge in [0.15, 0.2) is 5.78 Å². The average Bonchev–Trinajstić information content (AvgIpc) is 2.35. The Labute approximate surface area is 118 Å². The van der Waals surface area contributed by atoms with E-state index in [0.29, 0.717) is 12.4 Å². The second kappa shape index (κ2) is 10.7. The van der Waals surface area contributed by atoms with Crippen molar-refractivity contribution < 1.29 is 19.1 Å². The van der Waals surface area contributed by atoms with E-state index in [2.05, 4.69) is 10.6 Å². The number of rotatable bonds is 9. The zero-order chi connectivity index (χ0) is 14.7. The molecule has 7 heteroatoms. The van der Waals surface area contributed by atoms with E-state index in [-0.39, 0.29) is 17.8 Å². The summed E-state index contributed by atoms with van der Waals surface area (Å²) in [4.78, 5) is 33.0. The Bertz CT molecular complexity index is 310. The normalized spacial score (nSPS) is 11.5. The van der Waals surface area contributed by atoms with Gasteiger partial charge in [-0.1, -0.05) is 0 Å². The summed E-state index contributed by atoms with van der Waals surface area (Å²) in [6.07, 6.45) is 1.71. The molecule has 6 nitrogen and oxygen atoms in total. The standard InChI is InChI=1S/C12H22N2O4S/c1-9(15)11(14-12(17)13-3)8-19-7-5-4-6-18-10(2)16/h11H,4-8H2,1-3H3,(H2,13,14,17)/t11-/m0/s1. The van der Waals surface area contributed by atoms with Gasteiger partial charge in [0.2, 0.25) is 0 Å². The number of unbranched alkanes of at least 4 members (excludes halogenated alkanes) is 1. The maximum absolute atomic E-state index is 11.3. The lowest BCUT2D eigenvalue weighted by Crippen LogP contribution is -2.45. The van der Waals surface area contributed by atoms with Gasteiger partial charge in [-0.25, -0.2) is 4.79 Å². The third kappa shape index (κ3) is 10.4. The number of nitrogens with one attached hydrogen (secondary N) is 2. The molecule has 19 heavy (non-hydrogen) atoms. The van der Waals surface area contributed by atoms with E-state index in [0.717, 1.165) is 18.6 Å². The summed E-state index contributed by atoms with van der Waals surface area (Å²) >= 11 is 1.60. The molecule has 0 saturated carbocycles. The number of urea groups is 1. The number of esters is 1. The molecule has 0 aliphatic rings. The summed E-state index contributed by atoms with van der Waals surface area (Å²) in [5.74, 6) is 1.09. The van der Waals surface area contributed by atoms with Crippen LogP contribution in [-0.2, 0) is 14.3 Å². The molecule has 0 aromatic carbocycles. The molecule has 0 fully saturated rings. The molecule has 0 rings (SSSR count). The molecule has 2 amide bonds. The molecular formula is C12H22N2O4S. The summed E-state index contributed by atoms with van der Waals surface area (Å²) in [7, 11) is 1.51. The largest absolute Gasteiger partial charge is 0.466 e. The highest BCUT2D eigenvalue weighted by Crippen LogP contribution is 2.07. The van der Waals surface area contributed by atoms with Crippen LogP contribution >= 0.6 is 11.8 Å². The highest BCUT2D eigenvalue weighted by molar-refractivity contribution is 7.99. The lowest BCUT2D eigenvalue weighted by Gasteiger charge is -2.15. The smallest absolute Gasteiger partial charge is 0.315 e. The van der Waals surface area contributed by atoms with Crippen molar-refractivity contribution in [3.05, 3.63) is 0 Å². The number of ketones is 1. The highest BCUT2D eigenvalue weighted by atomic mass is 32.2. The second-order valence-electron chi connectivity index (χ2n) is 4.01. The van der Waals surface area contributed by atoms with E-state index in [1.165, 1.54) is 20.9 Å². The molecule has 0 bridgehead atoms. The second-order valence-corrected chi connectivity index (χ2v) is 5.16. The number of carbonyl (C=O) groups is 3. The molecule has 2 N–H and O–H groups in total.